The van der Waals surface area contributed by atoms with Crippen LogP contribution in [0.4, 0.5) is 0 Å². The van der Waals surface area contributed by atoms with E-state index in [1.165, 1.54) is 36.9 Å². The zero-order valence-corrected chi connectivity index (χ0v) is 11.2. The average Bonchev–Trinajstić information content (AvgIpc) is 2.58. The maximum atomic E-state index is 4.56. The molecule has 0 aromatic carbocycles. The highest BCUT2D eigenvalue weighted by molar-refractivity contribution is 5.23. The molecule has 1 aromatic heterocycles. The van der Waals surface area contributed by atoms with Crippen molar-refractivity contribution in [1.82, 2.24) is 20.0 Å². The summed E-state index contributed by atoms with van der Waals surface area (Å²) in [6.45, 7) is 2.05. The number of hydrogen-bond donors (Lipinski definition) is 1. The van der Waals surface area contributed by atoms with Crippen molar-refractivity contribution in [2.75, 3.05) is 27.7 Å². The van der Waals surface area contributed by atoms with Crippen molar-refractivity contribution >= 4 is 0 Å². The van der Waals surface area contributed by atoms with Crippen LogP contribution in [0.2, 0.25) is 0 Å². The monoisotopic (exact) mass is 236 g/mol. The van der Waals surface area contributed by atoms with Crippen molar-refractivity contribution in [3.8, 4) is 0 Å². The zero-order chi connectivity index (χ0) is 12.3. The van der Waals surface area contributed by atoms with E-state index in [2.05, 4.69) is 47.3 Å². The van der Waals surface area contributed by atoms with E-state index in [4.69, 9.17) is 0 Å². The lowest BCUT2D eigenvalue weighted by molar-refractivity contribution is 0.369. The summed E-state index contributed by atoms with van der Waals surface area (Å²) in [7, 11) is 6.27. The molecule has 17 heavy (non-hydrogen) atoms. The Bertz CT molecular complexity index is 356. The Morgan fingerprint density at radius 2 is 2.29 bits per heavy atom. The molecule has 4 nitrogen and oxygen atoms in total. The lowest BCUT2D eigenvalue weighted by Crippen LogP contribution is -2.21. The molecule has 0 aliphatic heterocycles. The molecule has 1 aliphatic carbocycles. The predicted octanol–water partition coefficient (Wildman–Crippen LogP) is 1.43. The fourth-order valence-corrected chi connectivity index (χ4v) is 2.57. The number of fused-ring (bicyclic) bond motifs is 1. The smallest absolute Gasteiger partial charge is 0.0540 e. The molecule has 1 heterocycles. The SMILES string of the molecule is CNC1CCCCc2c1cnn2CCN(C)C. The summed E-state index contributed by atoms with van der Waals surface area (Å²) >= 11 is 0. The van der Waals surface area contributed by atoms with Crippen LogP contribution < -0.4 is 5.32 Å². The topological polar surface area (TPSA) is 33.1 Å². The molecule has 96 valence electrons. The van der Waals surface area contributed by atoms with Crippen molar-refractivity contribution < 1.29 is 0 Å². The third-order valence-electron chi connectivity index (χ3n) is 3.62. The van der Waals surface area contributed by atoms with E-state index in [0.29, 0.717) is 6.04 Å². The first-order chi connectivity index (χ1) is 8.22. The highest BCUT2D eigenvalue weighted by Gasteiger charge is 2.21. The van der Waals surface area contributed by atoms with E-state index >= 15 is 0 Å². The molecule has 0 saturated heterocycles. The number of rotatable bonds is 4. The van der Waals surface area contributed by atoms with Crippen LogP contribution in [-0.2, 0) is 13.0 Å². The first-order valence-corrected chi connectivity index (χ1v) is 6.59. The Hall–Kier alpha value is -0.870. The fraction of sp³-hybridized carbons (Fsp3) is 0.769. The second-order valence-electron chi connectivity index (χ2n) is 5.16. The van der Waals surface area contributed by atoms with Crippen molar-refractivity contribution in [1.29, 1.82) is 0 Å². The summed E-state index contributed by atoms with van der Waals surface area (Å²) in [4.78, 5) is 2.21. The quantitative estimate of drug-likeness (QED) is 0.803. The molecule has 0 radical (unpaired) electrons. The van der Waals surface area contributed by atoms with Gasteiger partial charge in [-0.15, -0.1) is 0 Å². The van der Waals surface area contributed by atoms with E-state index in [9.17, 15) is 0 Å². The van der Waals surface area contributed by atoms with Crippen molar-refractivity contribution in [3.05, 3.63) is 17.5 Å². The van der Waals surface area contributed by atoms with Crippen LogP contribution in [0.5, 0.6) is 0 Å². The van der Waals surface area contributed by atoms with Gasteiger partial charge in [-0.1, -0.05) is 6.42 Å². The van der Waals surface area contributed by atoms with Gasteiger partial charge in [-0.3, -0.25) is 4.68 Å². The minimum atomic E-state index is 0.501. The summed E-state index contributed by atoms with van der Waals surface area (Å²) in [5, 5.41) is 7.97. The molecule has 0 spiro atoms. The van der Waals surface area contributed by atoms with Crippen molar-refractivity contribution in [2.45, 2.75) is 38.3 Å². The Balaban J connectivity index is 2.17. The molecular formula is C13H24N4. The molecule has 1 atom stereocenters. The van der Waals surface area contributed by atoms with Crippen molar-refractivity contribution in [2.24, 2.45) is 0 Å². The Morgan fingerprint density at radius 1 is 1.47 bits per heavy atom. The largest absolute Gasteiger partial charge is 0.313 e. The Morgan fingerprint density at radius 3 is 3.00 bits per heavy atom. The number of likely N-dealkylation sites (N-methyl/N-ethyl adjacent to an activating group) is 1. The molecule has 0 amide bonds. The van der Waals surface area contributed by atoms with Gasteiger partial charge in [0.05, 0.1) is 12.7 Å². The van der Waals surface area contributed by atoms with Gasteiger partial charge in [0, 0.05) is 23.8 Å². The van der Waals surface area contributed by atoms with Crippen LogP contribution in [0, 0.1) is 0 Å². The first kappa shape index (κ1) is 12.6. The summed E-state index contributed by atoms with van der Waals surface area (Å²) < 4.78 is 2.20. The highest BCUT2D eigenvalue weighted by atomic mass is 15.3. The molecule has 0 fully saturated rings. The molecule has 1 unspecified atom stereocenters. The van der Waals surface area contributed by atoms with Crippen LogP contribution in [-0.4, -0.2) is 42.4 Å². The zero-order valence-electron chi connectivity index (χ0n) is 11.2. The molecule has 0 bridgehead atoms. The summed E-state index contributed by atoms with van der Waals surface area (Å²) in [5.74, 6) is 0. The summed E-state index contributed by atoms with van der Waals surface area (Å²) in [5.41, 5.74) is 2.87. The van der Waals surface area contributed by atoms with E-state index in [1.807, 2.05) is 0 Å². The molecule has 1 N–H and O–H groups in total. The maximum Gasteiger partial charge on any atom is 0.0540 e. The van der Waals surface area contributed by atoms with E-state index in [1.54, 1.807) is 0 Å². The minimum absolute atomic E-state index is 0.501. The van der Waals surface area contributed by atoms with Gasteiger partial charge >= 0.3 is 0 Å². The molecule has 0 saturated carbocycles. The van der Waals surface area contributed by atoms with Crippen LogP contribution in [0.1, 0.15) is 36.6 Å². The van der Waals surface area contributed by atoms with Crippen LogP contribution in [0.3, 0.4) is 0 Å². The Kier molecular flexibility index (Phi) is 4.18. The summed E-state index contributed by atoms with van der Waals surface area (Å²) in [6.07, 6.45) is 7.09. The standard InChI is InChI=1S/C13H24N4/c1-14-12-6-4-5-7-13-11(12)10-15-17(13)9-8-16(2)3/h10,12,14H,4-9H2,1-3H3. The third kappa shape index (κ3) is 2.87. The van der Waals surface area contributed by atoms with Crippen LogP contribution in [0.25, 0.3) is 0 Å². The van der Waals surface area contributed by atoms with Gasteiger partial charge < -0.3 is 10.2 Å². The second-order valence-corrected chi connectivity index (χ2v) is 5.16. The van der Waals surface area contributed by atoms with Gasteiger partial charge in [-0.2, -0.15) is 5.10 Å². The Labute approximate surface area is 104 Å². The molecule has 4 heteroatoms. The molecule has 1 aliphatic rings. The van der Waals surface area contributed by atoms with Gasteiger partial charge in [0.15, 0.2) is 0 Å². The number of nitrogens with zero attached hydrogens (tertiary/aromatic N) is 3. The number of hydrogen-bond acceptors (Lipinski definition) is 3. The number of nitrogens with one attached hydrogen (secondary N) is 1. The molecular weight excluding hydrogens is 212 g/mol. The number of aromatic nitrogens is 2. The van der Waals surface area contributed by atoms with Crippen LogP contribution >= 0.6 is 0 Å². The average molecular weight is 236 g/mol. The normalized spacial score (nSPS) is 20.4. The van der Waals surface area contributed by atoms with Crippen LogP contribution in [0.15, 0.2) is 6.20 Å². The van der Waals surface area contributed by atoms with Gasteiger partial charge in [0.2, 0.25) is 0 Å². The molecule has 2 rings (SSSR count). The van der Waals surface area contributed by atoms with E-state index < -0.39 is 0 Å². The van der Waals surface area contributed by atoms with Gasteiger partial charge in [0.1, 0.15) is 0 Å². The molecule has 1 aromatic rings. The van der Waals surface area contributed by atoms with E-state index in [-0.39, 0.29) is 0 Å². The predicted molar refractivity (Wildman–Crippen MR) is 70.1 cm³/mol. The van der Waals surface area contributed by atoms with Gasteiger partial charge in [0.25, 0.3) is 0 Å². The fourth-order valence-electron chi connectivity index (χ4n) is 2.57. The highest BCUT2D eigenvalue weighted by Crippen LogP contribution is 2.28. The second kappa shape index (κ2) is 5.65. The lowest BCUT2D eigenvalue weighted by atomic mass is 10.1. The minimum Gasteiger partial charge on any atom is -0.313 e. The van der Waals surface area contributed by atoms with E-state index in [0.717, 1.165) is 13.1 Å². The van der Waals surface area contributed by atoms with Crippen molar-refractivity contribution in [3.63, 3.8) is 0 Å². The lowest BCUT2D eigenvalue weighted by Gasteiger charge is -2.14. The van der Waals surface area contributed by atoms with Gasteiger partial charge in [-0.25, -0.2) is 0 Å². The van der Waals surface area contributed by atoms with Gasteiger partial charge in [-0.05, 0) is 40.4 Å². The summed E-state index contributed by atoms with van der Waals surface area (Å²) in [6, 6.07) is 0.501. The first-order valence-electron chi connectivity index (χ1n) is 6.59. The third-order valence-corrected chi connectivity index (χ3v) is 3.62. The maximum absolute atomic E-state index is 4.56.